The SMILES string of the molecule is CCC(CC)(CCl)NS(=O)(=O)c1ccc2c(c1)CCC2. The molecule has 3 nitrogen and oxygen atoms in total. The molecule has 112 valence electrons. The maximum atomic E-state index is 12.6. The third-order valence-corrected chi connectivity index (χ3v) is 6.43. The summed E-state index contributed by atoms with van der Waals surface area (Å²) in [6.45, 7) is 3.91. The molecular weight excluding hydrogens is 294 g/mol. The first kappa shape index (κ1) is 15.8. The minimum absolute atomic E-state index is 0.282. The van der Waals surface area contributed by atoms with Crippen molar-refractivity contribution in [3.8, 4) is 0 Å². The molecule has 0 radical (unpaired) electrons. The maximum absolute atomic E-state index is 12.6. The Morgan fingerprint density at radius 1 is 1.20 bits per heavy atom. The zero-order chi connectivity index (χ0) is 14.8. The van der Waals surface area contributed by atoms with E-state index < -0.39 is 15.6 Å². The van der Waals surface area contributed by atoms with E-state index in [0.717, 1.165) is 24.8 Å². The molecule has 0 heterocycles. The Hall–Kier alpha value is -0.580. The number of hydrogen-bond donors (Lipinski definition) is 1. The van der Waals surface area contributed by atoms with Gasteiger partial charge in [-0.25, -0.2) is 13.1 Å². The molecule has 1 N–H and O–H groups in total. The van der Waals surface area contributed by atoms with Crippen LogP contribution >= 0.6 is 11.6 Å². The standard InChI is InChI=1S/C15H22ClNO2S/c1-3-15(4-2,11-16)17-20(18,19)14-9-8-12-6-5-7-13(12)10-14/h8-10,17H,3-7,11H2,1-2H3. The number of alkyl halides is 1. The summed E-state index contributed by atoms with van der Waals surface area (Å²) in [5.41, 5.74) is 1.88. The first-order valence-corrected chi connectivity index (χ1v) is 9.20. The van der Waals surface area contributed by atoms with E-state index in [1.165, 1.54) is 5.56 Å². The van der Waals surface area contributed by atoms with E-state index in [1.54, 1.807) is 6.07 Å². The Bertz CT molecular complexity index is 571. The van der Waals surface area contributed by atoms with E-state index in [2.05, 4.69) is 4.72 Å². The first-order valence-electron chi connectivity index (χ1n) is 7.18. The minimum Gasteiger partial charge on any atom is -0.207 e. The molecule has 2 rings (SSSR count). The van der Waals surface area contributed by atoms with Crippen molar-refractivity contribution in [3.63, 3.8) is 0 Å². The fraction of sp³-hybridized carbons (Fsp3) is 0.600. The number of nitrogens with one attached hydrogen (secondary N) is 1. The van der Waals surface area contributed by atoms with Gasteiger partial charge in [-0.3, -0.25) is 0 Å². The smallest absolute Gasteiger partial charge is 0.207 e. The van der Waals surface area contributed by atoms with Gasteiger partial charge in [0, 0.05) is 11.4 Å². The lowest BCUT2D eigenvalue weighted by Gasteiger charge is -2.30. The summed E-state index contributed by atoms with van der Waals surface area (Å²) in [4.78, 5) is 0.356. The summed E-state index contributed by atoms with van der Waals surface area (Å²) in [7, 11) is -3.51. The van der Waals surface area contributed by atoms with Gasteiger partial charge < -0.3 is 0 Å². The molecular formula is C15H22ClNO2S. The van der Waals surface area contributed by atoms with Gasteiger partial charge in [-0.05, 0) is 55.4 Å². The second-order valence-corrected chi connectivity index (χ2v) is 7.46. The predicted octanol–water partition coefficient (Wildman–Crippen LogP) is 3.25. The van der Waals surface area contributed by atoms with Gasteiger partial charge in [0.1, 0.15) is 0 Å². The molecule has 20 heavy (non-hydrogen) atoms. The van der Waals surface area contributed by atoms with Crippen molar-refractivity contribution < 1.29 is 8.42 Å². The topological polar surface area (TPSA) is 46.2 Å². The Balaban J connectivity index is 2.31. The van der Waals surface area contributed by atoms with Crippen LogP contribution in [0.1, 0.15) is 44.2 Å². The van der Waals surface area contributed by atoms with Crippen LogP contribution in [-0.4, -0.2) is 19.8 Å². The summed E-state index contributed by atoms with van der Waals surface area (Å²) in [5, 5.41) is 0. The Morgan fingerprint density at radius 2 is 1.85 bits per heavy atom. The van der Waals surface area contributed by atoms with Gasteiger partial charge in [-0.1, -0.05) is 19.9 Å². The van der Waals surface area contributed by atoms with Gasteiger partial charge in [-0.15, -0.1) is 11.6 Å². The Labute approximate surface area is 126 Å². The van der Waals surface area contributed by atoms with Gasteiger partial charge in [0.15, 0.2) is 0 Å². The minimum atomic E-state index is -3.51. The molecule has 0 unspecified atom stereocenters. The van der Waals surface area contributed by atoms with Crippen LogP contribution in [-0.2, 0) is 22.9 Å². The van der Waals surface area contributed by atoms with E-state index >= 15 is 0 Å². The Kier molecular flexibility index (Phi) is 4.77. The van der Waals surface area contributed by atoms with Crippen molar-refractivity contribution in [1.82, 2.24) is 4.72 Å². The molecule has 0 amide bonds. The van der Waals surface area contributed by atoms with E-state index in [4.69, 9.17) is 11.6 Å². The lowest BCUT2D eigenvalue weighted by Crippen LogP contribution is -2.49. The van der Waals surface area contributed by atoms with Crippen LogP contribution in [0.25, 0.3) is 0 Å². The molecule has 1 aromatic rings. The van der Waals surface area contributed by atoms with Crippen LogP contribution in [0.3, 0.4) is 0 Å². The van der Waals surface area contributed by atoms with E-state index in [0.29, 0.717) is 17.7 Å². The fourth-order valence-electron chi connectivity index (χ4n) is 2.67. The molecule has 0 atom stereocenters. The van der Waals surface area contributed by atoms with Crippen molar-refractivity contribution in [3.05, 3.63) is 29.3 Å². The van der Waals surface area contributed by atoms with Gasteiger partial charge >= 0.3 is 0 Å². The average Bonchev–Trinajstić information content (AvgIpc) is 2.92. The lowest BCUT2D eigenvalue weighted by molar-refractivity contribution is 0.394. The van der Waals surface area contributed by atoms with Crippen molar-refractivity contribution in [2.24, 2.45) is 0 Å². The fourth-order valence-corrected chi connectivity index (χ4v) is 4.79. The normalized spacial score (nSPS) is 15.3. The van der Waals surface area contributed by atoms with E-state index in [-0.39, 0.29) is 5.88 Å². The van der Waals surface area contributed by atoms with Gasteiger partial charge in [0.05, 0.1) is 4.90 Å². The molecule has 1 aliphatic carbocycles. The number of aryl methyl sites for hydroxylation is 2. The maximum Gasteiger partial charge on any atom is 0.241 e. The van der Waals surface area contributed by atoms with Gasteiger partial charge in [-0.2, -0.15) is 0 Å². The summed E-state index contributed by atoms with van der Waals surface area (Å²) < 4.78 is 27.9. The first-order chi connectivity index (χ1) is 9.46. The number of hydrogen-bond acceptors (Lipinski definition) is 2. The zero-order valence-electron chi connectivity index (χ0n) is 12.1. The van der Waals surface area contributed by atoms with Crippen LogP contribution in [0, 0.1) is 0 Å². The van der Waals surface area contributed by atoms with Crippen LogP contribution in [0.5, 0.6) is 0 Å². The van der Waals surface area contributed by atoms with Crippen LogP contribution in [0.4, 0.5) is 0 Å². The zero-order valence-corrected chi connectivity index (χ0v) is 13.6. The highest BCUT2D eigenvalue weighted by atomic mass is 35.5. The number of halogens is 1. The monoisotopic (exact) mass is 315 g/mol. The molecule has 0 bridgehead atoms. The average molecular weight is 316 g/mol. The molecule has 0 saturated heterocycles. The summed E-state index contributed by atoms with van der Waals surface area (Å²) >= 11 is 5.98. The summed E-state index contributed by atoms with van der Waals surface area (Å²) in [6.07, 6.45) is 4.50. The van der Waals surface area contributed by atoms with Gasteiger partial charge in [0.25, 0.3) is 0 Å². The third kappa shape index (κ3) is 3.02. The highest BCUT2D eigenvalue weighted by Crippen LogP contribution is 2.26. The highest BCUT2D eigenvalue weighted by molar-refractivity contribution is 7.89. The number of sulfonamides is 1. The molecule has 1 aliphatic rings. The van der Waals surface area contributed by atoms with Crippen molar-refractivity contribution in [2.45, 2.75) is 56.4 Å². The molecule has 0 aliphatic heterocycles. The number of fused-ring (bicyclic) bond motifs is 1. The summed E-state index contributed by atoms with van der Waals surface area (Å²) in [5.74, 6) is 0.282. The second kappa shape index (κ2) is 6.04. The van der Waals surface area contributed by atoms with Crippen LogP contribution < -0.4 is 4.72 Å². The lowest BCUT2D eigenvalue weighted by atomic mass is 9.97. The van der Waals surface area contributed by atoms with Crippen molar-refractivity contribution in [1.29, 1.82) is 0 Å². The molecule has 0 fully saturated rings. The van der Waals surface area contributed by atoms with Crippen LogP contribution in [0.15, 0.2) is 23.1 Å². The molecule has 0 aromatic heterocycles. The van der Waals surface area contributed by atoms with E-state index in [9.17, 15) is 8.42 Å². The van der Waals surface area contributed by atoms with Crippen molar-refractivity contribution >= 4 is 21.6 Å². The number of benzene rings is 1. The molecule has 5 heteroatoms. The van der Waals surface area contributed by atoms with Gasteiger partial charge in [0.2, 0.25) is 10.0 Å². The number of rotatable bonds is 6. The molecule has 0 saturated carbocycles. The van der Waals surface area contributed by atoms with Crippen molar-refractivity contribution in [2.75, 3.05) is 5.88 Å². The highest BCUT2D eigenvalue weighted by Gasteiger charge is 2.31. The largest absolute Gasteiger partial charge is 0.241 e. The summed E-state index contributed by atoms with van der Waals surface area (Å²) in [6, 6.07) is 5.46. The molecule has 1 aromatic carbocycles. The second-order valence-electron chi connectivity index (χ2n) is 5.51. The Morgan fingerprint density at radius 3 is 2.45 bits per heavy atom. The third-order valence-electron chi connectivity index (χ3n) is 4.34. The van der Waals surface area contributed by atoms with E-state index in [1.807, 2.05) is 26.0 Å². The van der Waals surface area contributed by atoms with Crippen LogP contribution in [0.2, 0.25) is 0 Å². The predicted molar refractivity (Wildman–Crippen MR) is 82.8 cm³/mol. The molecule has 0 spiro atoms. The quantitative estimate of drug-likeness (QED) is 0.819.